The molecule has 1 heterocycles. The topological polar surface area (TPSA) is 64.0 Å². The summed E-state index contributed by atoms with van der Waals surface area (Å²) in [4.78, 5) is 30.0. The molecule has 148 valence electrons. The first-order valence-corrected chi connectivity index (χ1v) is 9.79. The van der Waals surface area contributed by atoms with Crippen molar-refractivity contribution in [3.05, 3.63) is 87.6 Å². The number of rotatable bonds is 5. The Bertz CT molecular complexity index is 1120. The van der Waals surface area contributed by atoms with Gasteiger partial charge in [-0.3, -0.25) is 14.2 Å². The highest BCUT2D eigenvalue weighted by Crippen LogP contribution is 2.30. The van der Waals surface area contributed by atoms with Gasteiger partial charge in [0, 0.05) is 17.3 Å². The molecule has 5 nitrogen and oxygen atoms in total. The fourth-order valence-corrected chi connectivity index (χ4v) is 3.83. The van der Waals surface area contributed by atoms with Crippen molar-refractivity contribution in [2.75, 3.05) is 0 Å². The maximum atomic E-state index is 13.7. The van der Waals surface area contributed by atoms with Crippen molar-refractivity contribution in [1.82, 2.24) is 14.9 Å². The minimum Gasteiger partial charge on any atom is -0.348 e. The lowest BCUT2D eigenvalue weighted by atomic mass is 10.1. The minimum atomic E-state index is -0.419. The molecule has 2 aromatic carbocycles. The van der Waals surface area contributed by atoms with Gasteiger partial charge in [-0.25, -0.2) is 9.37 Å². The fraction of sp³-hybridized carbons (Fsp3) is 0.261. The summed E-state index contributed by atoms with van der Waals surface area (Å²) in [5.41, 5.74) is 3.12. The van der Waals surface area contributed by atoms with E-state index in [0.717, 1.165) is 18.4 Å². The molecule has 1 aliphatic rings. The summed E-state index contributed by atoms with van der Waals surface area (Å²) < 4.78 is 15.1. The number of hydrogen-bond donors (Lipinski definition) is 1. The van der Waals surface area contributed by atoms with Gasteiger partial charge in [-0.05, 0) is 42.5 Å². The molecule has 0 saturated carbocycles. The molecule has 1 amide bonds. The van der Waals surface area contributed by atoms with Crippen LogP contribution in [-0.2, 0) is 24.2 Å². The van der Waals surface area contributed by atoms with Gasteiger partial charge in [0.1, 0.15) is 18.2 Å². The van der Waals surface area contributed by atoms with Gasteiger partial charge >= 0.3 is 0 Å². The smallest absolute Gasteiger partial charge is 0.254 e. The van der Waals surface area contributed by atoms with Crippen LogP contribution in [0.15, 0.2) is 59.4 Å². The molecule has 0 spiro atoms. The van der Waals surface area contributed by atoms with E-state index in [1.54, 1.807) is 12.1 Å². The normalized spacial score (nSPS) is 15.2. The number of hydrogen-bond acceptors (Lipinski definition) is 3. The van der Waals surface area contributed by atoms with Gasteiger partial charge in [-0.15, -0.1) is 0 Å². The average molecular weight is 391 g/mol. The zero-order valence-electron chi connectivity index (χ0n) is 16.2. The molecular formula is C23H22FN3O2. The maximum Gasteiger partial charge on any atom is 0.254 e. The number of halogens is 1. The summed E-state index contributed by atoms with van der Waals surface area (Å²) in [6.07, 6.45) is 2.33. The second-order valence-corrected chi connectivity index (χ2v) is 7.22. The van der Waals surface area contributed by atoms with Crippen molar-refractivity contribution in [3.8, 4) is 11.4 Å². The van der Waals surface area contributed by atoms with Crippen molar-refractivity contribution < 1.29 is 9.18 Å². The van der Waals surface area contributed by atoms with Crippen molar-refractivity contribution in [1.29, 1.82) is 0 Å². The van der Waals surface area contributed by atoms with Gasteiger partial charge in [0.05, 0.1) is 6.04 Å². The molecule has 0 fully saturated rings. The lowest BCUT2D eigenvalue weighted by molar-refractivity contribution is -0.122. The Morgan fingerprint density at radius 3 is 2.83 bits per heavy atom. The zero-order valence-corrected chi connectivity index (χ0v) is 16.2. The van der Waals surface area contributed by atoms with Crippen molar-refractivity contribution in [2.24, 2.45) is 0 Å². The first-order chi connectivity index (χ1) is 14.0. The monoisotopic (exact) mass is 391 g/mol. The van der Waals surface area contributed by atoms with E-state index in [4.69, 9.17) is 0 Å². The molecule has 4 rings (SSSR count). The van der Waals surface area contributed by atoms with Gasteiger partial charge < -0.3 is 5.32 Å². The van der Waals surface area contributed by atoms with Crippen LogP contribution in [-0.4, -0.2) is 15.5 Å². The lowest BCUT2D eigenvalue weighted by Gasteiger charge is -2.17. The van der Waals surface area contributed by atoms with E-state index in [1.165, 1.54) is 28.3 Å². The van der Waals surface area contributed by atoms with Crippen molar-refractivity contribution in [2.45, 2.75) is 38.8 Å². The number of nitrogens with one attached hydrogen (secondary N) is 1. The highest BCUT2D eigenvalue weighted by molar-refractivity contribution is 5.77. The second kappa shape index (κ2) is 7.99. The molecule has 0 aliphatic heterocycles. The van der Waals surface area contributed by atoms with E-state index < -0.39 is 5.82 Å². The van der Waals surface area contributed by atoms with Crippen LogP contribution >= 0.6 is 0 Å². The van der Waals surface area contributed by atoms with Crippen molar-refractivity contribution >= 4 is 5.91 Å². The van der Waals surface area contributed by atoms with E-state index in [-0.39, 0.29) is 24.1 Å². The molecule has 1 N–H and O–H groups in total. The highest BCUT2D eigenvalue weighted by Gasteiger charge is 2.24. The molecule has 29 heavy (non-hydrogen) atoms. The average Bonchev–Trinajstić information content (AvgIpc) is 3.12. The highest BCUT2D eigenvalue weighted by atomic mass is 19.1. The summed E-state index contributed by atoms with van der Waals surface area (Å²) in [7, 11) is 0. The number of aromatic nitrogens is 2. The molecule has 1 atom stereocenters. The van der Waals surface area contributed by atoms with E-state index in [9.17, 15) is 14.0 Å². The molecule has 1 aliphatic carbocycles. The van der Waals surface area contributed by atoms with Crippen LogP contribution in [0.25, 0.3) is 11.4 Å². The number of fused-ring (bicyclic) bond motifs is 1. The molecule has 0 radical (unpaired) electrons. The first-order valence-electron chi connectivity index (χ1n) is 9.79. The van der Waals surface area contributed by atoms with E-state index in [0.29, 0.717) is 23.5 Å². The molecule has 3 aromatic rings. The largest absolute Gasteiger partial charge is 0.348 e. The van der Waals surface area contributed by atoms with Gasteiger partial charge in [0.15, 0.2) is 0 Å². The number of aryl methyl sites for hydroxylation is 2. The fourth-order valence-electron chi connectivity index (χ4n) is 3.83. The molecule has 6 heteroatoms. The van der Waals surface area contributed by atoms with E-state index in [2.05, 4.69) is 16.4 Å². The van der Waals surface area contributed by atoms with Gasteiger partial charge in [0.2, 0.25) is 5.91 Å². The standard InChI is InChI=1S/C23H22FN3O2/c1-2-18-13-22(29)27(23(25-18)16-7-5-8-17(24)12-16)14-21(28)26-20-11-10-15-6-3-4-9-19(15)20/h3-9,12-13,20H,2,10-11,14H2,1H3,(H,26,28). The van der Waals surface area contributed by atoms with Crippen LogP contribution in [0.5, 0.6) is 0 Å². The summed E-state index contributed by atoms with van der Waals surface area (Å²) in [5, 5.41) is 3.03. The Balaban J connectivity index is 1.63. The number of carbonyl (C=O) groups excluding carboxylic acids is 1. The van der Waals surface area contributed by atoms with Crippen LogP contribution in [0.1, 0.15) is 36.2 Å². The minimum absolute atomic E-state index is 0.0603. The Morgan fingerprint density at radius 1 is 1.21 bits per heavy atom. The summed E-state index contributed by atoms with van der Waals surface area (Å²) in [5.74, 6) is -0.384. The van der Waals surface area contributed by atoms with Gasteiger partial charge in [-0.1, -0.05) is 43.3 Å². The molecule has 0 saturated heterocycles. The predicted molar refractivity (Wildman–Crippen MR) is 109 cm³/mol. The van der Waals surface area contributed by atoms with Crippen LogP contribution in [0.4, 0.5) is 4.39 Å². The SMILES string of the molecule is CCc1cc(=O)n(CC(=O)NC2CCc3ccccc32)c(-c2cccc(F)c2)n1. The number of amides is 1. The summed E-state index contributed by atoms with van der Waals surface area (Å²) >= 11 is 0. The third-order valence-corrected chi connectivity index (χ3v) is 5.28. The van der Waals surface area contributed by atoms with Crippen LogP contribution in [0.3, 0.4) is 0 Å². The number of benzene rings is 2. The summed E-state index contributed by atoms with van der Waals surface area (Å²) in [6.45, 7) is 1.73. The quantitative estimate of drug-likeness (QED) is 0.725. The Labute approximate surface area is 168 Å². The molecule has 1 unspecified atom stereocenters. The number of carbonyl (C=O) groups is 1. The molecular weight excluding hydrogens is 369 g/mol. The summed E-state index contributed by atoms with van der Waals surface area (Å²) in [6, 6.07) is 15.3. The molecule has 0 bridgehead atoms. The van der Waals surface area contributed by atoms with E-state index >= 15 is 0 Å². The second-order valence-electron chi connectivity index (χ2n) is 7.22. The lowest BCUT2D eigenvalue weighted by Crippen LogP contribution is -2.35. The Morgan fingerprint density at radius 2 is 2.03 bits per heavy atom. The van der Waals surface area contributed by atoms with Crippen LogP contribution in [0.2, 0.25) is 0 Å². The van der Waals surface area contributed by atoms with Crippen LogP contribution in [0, 0.1) is 5.82 Å². The zero-order chi connectivity index (χ0) is 20.4. The first kappa shape index (κ1) is 19.1. The van der Waals surface area contributed by atoms with Crippen LogP contribution < -0.4 is 10.9 Å². The van der Waals surface area contributed by atoms with Crippen molar-refractivity contribution in [3.63, 3.8) is 0 Å². The third kappa shape index (κ3) is 3.97. The third-order valence-electron chi connectivity index (χ3n) is 5.28. The Hall–Kier alpha value is -3.28. The van der Waals surface area contributed by atoms with Gasteiger partial charge in [0.25, 0.3) is 5.56 Å². The maximum absolute atomic E-state index is 13.7. The molecule has 1 aromatic heterocycles. The predicted octanol–water partition coefficient (Wildman–Crippen LogP) is 3.42. The van der Waals surface area contributed by atoms with Gasteiger partial charge in [-0.2, -0.15) is 0 Å². The van der Waals surface area contributed by atoms with E-state index in [1.807, 2.05) is 25.1 Å². The number of nitrogens with zero attached hydrogens (tertiary/aromatic N) is 2. The Kier molecular flexibility index (Phi) is 5.25.